The number of hydrogen-bond donors (Lipinski definition) is 1. The van der Waals surface area contributed by atoms with E-state index in [-0.39, 0.29) is 5.91 Å². The first-order chi connectivity index (χ1) is 14.7. The van der Waals surface area contributed by atoms with E-state index >= 15 is 0 Å². The number of aliphatic imine (C=N–C) groups is 1. The summed E-state index contributed by atoms with van der Waals surface area (Å²) < 4.78 is 5.20. The fourth-order valence-corrected chi connectivity index (χ4v) is 3.02. The molecule has 148 valence electrons. The molecule has 0 radical (unpaired) electrons. The van der Waals surface area contributed by atoms with E-state index in [2.05, 4.69) is 10.4 Å². The van der Waals surface area contributed by atoms with E-state index in [9.17, 15) is 4.79 Å². The van der Waals surface area contributed by atoms with Crippen LogP contribution in [0.2, 0.25) is 0 Å². The number of amides is 1. The number of carbonyl (C=O) groups is 1. The van der Waals surface area contributed by atoms with Gasteiger partial charge in [0.1, 0.15) is 11.4 Å². The number of amidine groups is 1. The third-order valence-electron chi connectivity index (χ3n) is 4.57. The number of ether oxygens (including phenoxy) is 1. The van der Waals surface area contributed by atoms with Crippen molar-refractivity contribution in [2.24, 2.45) is 4.99 Å². The summed E-state index contributed by atoms with van der Waals surface area (Å²) in [7, 11) is 1.62. The van der Waals surface area contributed by atoms with Crippen molar-refractivity contribution >= 4 is 23.5 Å². The topological polar surface area (TPSA) is 53.9 Å². The van der Waals surface area contributed by atoms with E-state index < -0.39 is 0 Å². The van der Waals surface area contributed by atoms with Crippen molar-refractivity contribution in [2.45, 2.75) is 0 Å². The lowest BCUT2D eigenvalue weighted by atomic mass is 10.2. The molecule has 1 amide bonds. The van der Waals surface area contributed by atoms with Crippen LogP contribution >= 0.6 is 0 Å². The Kier molecular flexibility index (Phi) is 5.71. The number of methoxy groups -OCH3 is 1. The molecular formula is C25H21N3O2. The lowest BCUT2D eigenvalue weighted by molar-refractivity contribution is -0.121. The SMILES string of the molecule is COc1ccc(NN2C(=O)C(=CC=Cc3ccccc3)N=C2c2ccccc2)cc1. The van der Waals surface area contributed by atoms with Gasteiger partial charge in [-0.15, -0.1) is 0 Å². The van der Waals surface area contributed by atoms with Crippen LogP contribution in [0.15, 0.2) is 108 Å². The smallest absolute Gasteiger partial charge is 0.297 e. The molecule has 3 aromatic carbocycles. The number of nitrogens with zero attached hydrogens (tertiary/aromatic N) is 2. The molecule has 0 saturated heterocycles. The first kappa shape index (κ1) is 19.2. The molecule has 30 heavy (non-hydrogen) atoms. The van der Waals surface area contributed by atoms with Crippen LogP contribution in [0.1, 0.15) is 11.1 Å². The molecule has 1 aliphatic heterocycles. The van der Waals surface area contributed by atoms with Crippen LogP contribution in [-0.2, 0) is 4.79 Å². The predicted octanol–water partition coefficient (Wildman–Crippen LogP) is 4.91. The van der Waals surface area contributed by atoms with E-state index in [4.69, 9.17) is 4.74 Å². The first-order valence-electron chi connectivity index (χ1n) is 9.57. The van der Waals surface area contributed by atoms with Gasteiger partial charge in [-0.25, -0.2) is 4.99 Å². The number of hydrazine groups is 1. The van der Waals surface area contributed by atoms with Crippen LogP contribution in [0.5, 0.6) is 5.75 Å². The molecule has 4 rings (SSSR count). The summed E-state index contributed by atoms with van der Waals surface area (Å²) in [5.74, 6) is 1.08. The average Bonchev–Trinajstić information content (AvgIpc) is 3.11. The molecule has 5 heteroatoms. The van der Waals surface area contributed by atoms with Crippen molar-refractivity contribution < 1.29 is 9.53 Å². The van der Waals surface area contributed by atoms with Crippen molar-refractivity contribution in [2.75, 3.05) is 12.5 Å². The summed E-state index contributed by atoms with van der Waals surface area (Å²) in [6.45, 7) is 0. The Morgan fingerprint density at radius 3 is 2.23 bits per heavy atom. The third kappa shape index (κ3) is 4.31. The molecule has 1 heterocycles. The molecule has 0 bridgehead atoms. The molecule has 3 aromatic rings. The largest absolute Gasteiger partial charge is 0.497 e. The Hall–Kier alpha value is -4.12. The fraction of sp³-hybridized carbons (Fsp3) is 0.0400. The van der Waals surface area contributed by atoms with E-state index in [0.29, 0.717) is 11.5 Å². The molecule has 5 nitrogen and oxygen atoms in total. The molecule has 0 unspecified atom stereocenters. The van der Waals surface area contributed by atoms with Gasteiger partial charge in [-0.05, 0) is 35.9 Å². The highest BCUT2D eigenvalue weighted by molar-refractivity contribution is 6.19. The van der Waals surface area contributed by atoms with Crippen molar-refractivity contribution in [3.63, 3.8) is 0 Å². The minimum atomic E-state index is -0.220. The zero-order chi connectivity index (χ0) is 20.8. The molecule has 0 atom stereocenters. The number of rotatable bonds is 6. The number of benzene rings is 3. The second-order valence-electron chi connectivity index (χ2n) is 6.60. The second kappa shape index (κ2) is 8.92. The Bertz CT molecular complexity index is 1100. The van der Waals surface area contributed by atoms with Crippen LogP contribution in [-0.4, -0.2) is 23.9 Å². The van der Waals surface area contributed by atoms with Gasteiger partial charge in [0.2, 0.25) is 0 Å². The molecule has 0 spiro atoms. The zero-order valence-electron chi connectivity index (χ0n) is 16.5. The van der Waals surface area contributed by atoms with E-state index in [1.54, 1.807) is 13.2 Å². The van der Waals surface area contributed by atoms with Gasteiger partial charge in [0.25, 0.3) is 5.91 Å². The van der Waals surface area contributed by atoms with E-state index in [1.807, 2.05) is 97.1 Å². The van der Waals surface area contributed by atoms with Crippen molar-refractivity contribution in [1.29, 1.82) is 0 Å². The summed E-state index contributed by atoms with van der Waals surface area (Å²) >= 11 is 0. The lowest BCUT2D eigenvalue weighted by Gasteiger charge is -2.20. The molecule has 1 aliphatic rings. The normalized spacial score (nSPS) is 15.0. The molecule has 0 saturated carbocycles. The summed E-state index contributed by atoms with van der Waals surface area (Å²) in [5.41, 5.74) is 6.19. The van der Waals surface area contributed by atoms with Gasteiger partial charge in [0.15, 0.2) is 5.84 Å². The van der Waals surface area contributed by atoms with Crippen molar-refractivity contribution in [3.8, 4) is 5.75 Å². The van der Waals surface area contributed by atoms with E-state index in [1.165, 1.54) is 5.01 Å². The Morgan fingerprint density at radius 1 is 0.900 bits per heavy atom. The maximum Gasteiger partial charge on any atom is 0.297 e. The highest BCUT2D eigenvalue weighted by atomic mass is 16.5. The number of nitrogens with one attached hydrogen (secondary N) is 1. The minimum absolute atomic E-state index is 0.220. The van der Waals surface area contributed by atoms with Crippen LogP contribution in [0.3, 0.4) is 0 Å². The maximum atomic E-state index is 13.1. The van der Waals surface area contributed by atoms with Crippen LogP contribution in [0.25, 0.3) is 6.08 Å². The maximum absolute atomic E-state index is 13.1. The summed E-state index contributed by atoms with van der Waals surface area (Å²) in [6, 6.07) is 26.9. The van der Waals surface area contributed by atoms with Crippen LogP contribution in [0, 0.1) is 0 Å². The number of allylic oxidation sites excluding steroid dienone is 2. The number of anilines is 1. The van der Waals surface area contributed by atoms with Crippen molar-refractivity contribution in [3.05, 3.63) is 114 Å². The highest BCUT2D eigenvalue weighted by Crippen LogP contribution is 2.23. The van der Waals surface area contributed by atoms with Gasteiger partial charge >= 0.3 is 0 Å². The lowest BCUT2D eigenvalue weighted by Crippen LogP contribution is -2.37. The third-order valence-corrected chi connectivity index (χ3v) is 4.57. The monoisotopic (exact) mass is 395 g/mol. The van der Waals surface area contributed by atoms with Gasteiger partial charge in [0.05, 0.1) is 12.8 Å². The minimum Gasteiger partial charge on any atom is -0.497 e. The van der Waals surface area contributed by atoms with Gasteiger partial charge in [-0.3, -0.25) is 10.2 Å². The number of hydrogen-bond acceptors (Lipinski definition) is 4. The van der Waals surface area contributed by atoms with Crippen LogP contribution < -0.4 is 10.2 Å². The molecule has 0 fully saturated rings. The molecular weight excluding hydrogens is 374 g/mol. The van der Waals surface area contributed by atoms with E-state index in [0.717, 1.165) is 22.6 Å². The predicted molar refractivity (Wildman–Crippen MR) is 120 cm³/mol. The molecule has 0 aliphatic carbocycles. The molecule has 0 aromatic heterocycles. The second-order valence-corrected chi connectivity index (χ2v) is 6.60. The standard InChI is InChI=1S/C25H21N3O2/c1-30-22-17-15-21(16-18-22)27-28-24(20-12-6-3-7-13-20)26-23(25(28)29)14-8-11-19-9-4-2-5-10-19/h2-18,27H,1H3. The Balaban J connectivity index is 1.62. The van der Waals surface area contributed by atoms with Crippen LogP contribution in [0.4, 0.5) is 5.69 Å². The first-order valence-corrected chi connectivity index (χ1v) is 9.57. The highest BCUT2D eigenvalue weighted by Gasteiger charge is 2.31. The summed E-state index contributed by atoms with van der Waals surface area (Å²) in [5, 5.41) is 1.47. The Labute approximate surface area is 175 Å². The Morgan fingerprint density at radius 2 is 1.57 bits per heavy atom. The quantitative estimate of drug-likeness (QED) is 0.604. The average molecular weight is 395 g/mol. The summed E-state index contributed by atoms with van der Waals surface area (Å²) in [6.07, 6.45) is 5.51. The fourth-order valence-electron chi connectivity index (χ4n) is 3.02. The molecule has 1 N–H and O–H groups in total. The summed E-state index contributed by atoms with van der Waals surface area (Å²) in [4.78, 5) is 17.7. The number of carbonyl (C=O) groups excluding carboxylic acids is 1. The van der Waals surface area contributed by atoms with Gasteiger partial charge in [0, 0.05) is 5.56 Å². The van der Waals surface area contributed by atoms with Gasteiger partial charge in [-0.2, -0.15) is 5.01 Å². The van der Waals surface area contributed by atoms with Crippen molar-refractivity contribution in [1.82, 2.24) is 5.01 Å². The zero-order valence-corrected chi connectivity index (χ0v) is 16.5. The van der Waals surface area contributed by atoms with Gasteiger partial charge in [-0.1, -0.05) is 72.8 Å². The van der Waals surface area contributed by atoms with Gasteiger partial charge < -0.3 is 4.74 Å².